The van der Waals surface area contributed by atoms with E-state index < -0.39 is 0 Å². The lowest BCUT2D eigenvalue weighted by molar-refractivity contribution is -0.118. The van der Waals surface area contributed by atoms with E-state index in [1.165, 1.54) is 18.4 Å². The van der Waals surface area contributed by atoms with Crippen LogP contribution in [0.1, 0.15) is 36.5 Å². The van der Waals surface area contributed by atoms with Crippen LogP contribution in [0.5, 0.6) is 5.75 Å². The van der Waals surface area contributed by atoms with Crippen molar-refractivity contribution in [2.24, 2.45) is 0 Å². The summed E-state index contributed by atoms with van der Waals surface area (Å²) in [6.07, 6.45) is 3.46. The summed E-state index contributed by atoms with van der Waals surface area (Å²) in [4.78, 5) is 14.0. The van der Waals surface area contributed by atoms with Gasteiger partial charge in [-0.1, -0.05) is 43.2 Å². The highest BCUT2D eigenvalue weighted by Gasteiger charge is 2.11. The number of hydrogen-bond donors (Lipinski definition) is 1. The summed E-state index contributed by atoms with van der Waals surface area (Å²) in [5.74, 6) is 0.449. The lowest BCUT2D eigenvalue weighted by Crippen LogP contribution is -2.20. The Bertz CT molecular complexity index is 1210. The Labute approximate surface area is 188 Å². The summed E-state index contributed by atoms with van der Waals surface area (Å²) in [5.41, 5.74) is 6.51. The number of nitrogens with zero attached hydrogens (tertiary/aromatic N) is 3. The summed E-state index contributed by atoms with van der Waals surface area (Å²) < 4.78 is 5.57. The standard InChI is InChI=1S/C26H28N4O2/c1-4-5-6-20-9-11-21(12-10-20)30-28-24-15-19(3)23(16-25(24)29-30)27-26(31)17-32-22-13-7-18(2)8-14-22/h7-16H,4-6,17H2,1-3H3,(H,27,31). The number of nitrogens with one attached hydrogen (secondary N) is 1. The lowest BCUT2D eigenvalue weighted by atomic mass is 10.1. The molecule has 0 radical (unpaired) electrons. The van der Waals surface area contributed by atoms with Gasteiger partial charge in [0.2, 0.25) is 0 Å². The van der Waals surface area contributed by atoms with Crippen molar-refractivity contribution in [2.45, 2.75) is 40.0 Å². The van der Waals surface area contributed by atoms with Crippen molar-refractivity contribution in [1.29, 1.82) is 0 Å². The Morgan fingerprint density at radius 2 is 1.66 bits per heavy atom. The van der Waals surface area contributed by atoms with Gasteiger partial charge in [-0.2, -0.15) is 4.80 Å². The summed E-state index contributed by atoms with van der Waals surface area (Å²) in [6, 6.07) is 19.7. The molecule has 1 aromatic heterocycles. The molecular formula is C26H28N4O2. The van der Waals surface area contributed by atoms with Crippen LogP contribution in [0.3, 0.4) is 0 Å². The molecule has 1 heterocycles. The molecule has 6 nitrogen and oxygen atoms in total. The van der Waals surface area contributed by atoms with Gasteiger partial charge in [-0.05, 0) is 74.2 Å². The average Bonchev–Trinajstić information content (AvgIpc) is 3.20. The van der Waals surface area contributed by atoms with Crippen molar-refractivity contribution in [3.8, 4) is 11.4 Å². The maximum atomic E-state index is 12.4. The molecular weight excluding hydrogens is 400 g/mol. The predicted molar refractivity (Wildman–Crippen MR) is 128 cm³/mol. The topological polar surface area (TPSA) is 69.0 Å². The molecule has 0 atom stereocenters. The van der Waals surface area contributed by atoms with E-state index in [4.69, 9.17) is 4.74 Å². The quantitative estimate of drug-likeness (QED) is 0.408. The number of anilines is 1. The predicted octanol–water partition coefficient (Wildman–Crippen LogP) is 5.40. The molecule has 0 aliphatic carbocycles. The zero-order valence-corrected chi connectivity index (χ0v) is 18.8. The highest BCUT2D eigenvalue weighted by atomic mass is 16.5. The van der Waals surface area contributed by atoms with Crippen LogP contribution in [-0.2, 0) is 11.2 Å². The second-order valence-corrected chi connectivity index (χ2v) is 8.07. The molecule has 0 fully saturated rings. The van der Waals surface area contributed by atoms with E-state index in [1.807, 2.05) is 62.4 Å². The van der Waals surface area contributed by atoms with Crippen LogP contribution < -0.4 is 10.1 Å². The minimum absolute atomic E-state index is 0.0579. The third kappa shape index (κ3) is 5.14. The van der Waals surface area contributed by atoms with Gasteiger partial charge < -0.3 is 10.1 Å². The molecule has 4 rings (SSSR count). The number of aromatic nitrogens is 3. The molecule has 32 heavy (non-hydrogen) atoms. The number of rotatable bonds is 8. The summed E-state index contributed by atoms with van der Waals surface area (Å²) in [7, 11) is 0. The number of carbonyl (C=O) groups is 1. The van der Waals surface area contributed by atoms with Gasteiger partial charge >= 0.3 is 0 Å². The van der Waals surface area contributed by atoms with E-state index in [-0.39, 0.29) is 12.5 Å². The van der Waals surface area contributed by atoms with Crippen LogP contribution in [0.15, 0.2) is 60.7 Å². The molecule has 0 bridgehead atoms. The molecule has 164 valence electrons. The van der Waals surface area contributed by atoms with Crippen LogP contribution in [0.2, 0.25) is 0 Å². The first-order chi connectivity index (χ1) is 15.5. The molecule has 1 amide bonds. The summed E-state index contributed by atoms with van der Waals surface area (Å²) in [5, 5.41) is 12.1. The number of benzene rings is 3. The second kappa shape index (κ2) is 9.64. The van der Waals surface area contributed by atoms with E-state index in [2.05, 4.69) is 34.6 Å². The molecule has 0 unspecified atom stereocenters. The van der Waals surface area contributed by atoms with Gasteiger partial charge in [0.05, 0.1) is 5.69 Å². The van der Waals surface area contributed by atoms with Gasteiger partial charge in [-0.3, -0.25) is 4.79 Å². The third-order valence-corrected chi connectivity index (χ3v) is 5.38. The zero-order chi connectivity index (χ0) is 22.5. The van der Waals surface area contributed by atoms with Crippen molar-refractivity contribution in [3.05, 3.63) is 77.4 Å². The molecule has 0 aliphatic rings. The number of aryl methyl sites for hydroxylation is 3. The van der Waals surface area contributed by atoms with Gasteiger partial charge in [0.15, 0.2) is 6.61 Å². The Kier molecular flexibility index (Phi) is 6.50. The number of hydrogen-bond acceptors (Lipinski definition) is 4. The monoisotopic (exact) mass is 428 g/mol. The molecule has 4 aromatic rings. The molecule has 6 heteroatoms. The minimum Gasteiger partial charge on any atom is -0.484 e. The number of amides is 1. The summed E-state index contributed by atoms with van der Waals surface area (Å²) in [6.45, 7) is 6.09. The van der Waals surface area contributed by atoms with E-state index in [1.54, 1.807) is 4.80 Å². The fourth-order valence-electron chi connectivity index (χ4n) is 3.46. The first kappa shape index (κ1) is 21.6. The summed E-state index contributed by atoms with van der Waals surface area (Å²) >= 11 is 0. The van der Waals surface area contributed by atoms with E-state index >= 15 is 0 Å². The van der Waals surface area contributed by atoms with Crippen LogP contribution in [0.4, 0.5) is 5.69 Å². The maximum absolute atomic E-state index is 12.4. The van der Waals surface area contributed by atoms with Crippen molar-refractivity contribution in [3.63, 3.8) is 0 Å². The fraction of sp³-hybridized carbons (Fsp3) is 0.269. The average molecular weight is 429 g/mol. The Balaban J connectivity index is 1.46. The number of unbranched alkanes of at least 4 members (excludes halogenated alkanes) is 1. The van der Waals surface area contributed by atoms with Crippen molar-refractivity contribution in [2.75, 3.05) is 11.9 Å². The van der Waals surface area contributed by atoms with Gasteiger partial charge in [-0.25, -0.2) is 0 Å². The smallest absolute Gasteiger partial charge is 0.262 e. The highest BCUT2D eigenvalue weighted by molar-refractivity contribution is 5.95. The Morgan fingerprint density at radius 1 is 0.969 bits per heavy atom. The van der Waals surface area contributed by atoms with Crippen LogP contribution in [0, 0.1) is 13.8 Å². The van der Waals surface area contributed by atoms with Crippen molar-refractivity contribution in [1.82, 2.24) is 15.0 Å². The fourth-order valence-corrected chi connectivity index (χ4v) is 3.46. The molecule has 0 saturated heterocycles. The molecule has 3 aromatic carbocycles. The minimum atomic E-state index is -0.219. The van der Waals surface area contributed by atoms with E-state index in [0.29, 0.717) is 11.4 Å². The van der Waals surface area contributed by atoms with Gasteiger partial charge in [-0.15, -0.1) is 10.2 Å². The molecule has 0 saturated carbocycles. The van der Waals surface area contributed by atoms with Crippen molar-refractivity contribution < 1.29 is 9.53 Å². The van der Waals surface area contributed by atoms with Gasteiger partial charge in [0.25, 0.3) is 5.91 Å². The molecule has 0 spiro atoms. The number of fused-ring (bicyclic) bond motifs is 1. The third-order valence-electron chi connectivity index (χ3n) is 5.38. The lowest BCUT2D eigenvalue weighted by Gasteiger charge is -2.09. The SMILES string of the molecule is CCCCc1ccc(-n2nc3cc(C)c(NC(=O)COc4ccc(C)cc4)cc3n2)cc1. The van der Waals surface area contributed by atoms with Crippen LogP contribution in [-0.4, -0.2) is 27.5 Å². The van der Waals surface area contributed by atoms with Crippen molar-refractivity contribution >= 4 is 22.6 Å². The Hall–Kier alpha value is -3.67. The maximum Gasteiger partial charge on any atom is 0.262 e. The van der Waals surface area contributed by atoms with Gasteiger partial charge in [0.1, 0.15) is 16.8 Å². The zero-order valence-electron chi connectivity index (χ0n) is 18.8. The van der Waals surface area contributed by atoms with Crippen LogP contribution in [0.25, 0.3) is 16.7 Å². The van der Waals surface area contributed by atoms with Gasteiger partial charge in [0, 0.05) is 5.69 Å². The number of ether oxygens (including phenoxy) is 1. The first-order valence-electron chi connectivity index (χ1n) is 11.0. The largest absolute Gasteiger partial charge is 0.484 e. The molecule has 1 N–H and O–H groups in total. The first-order valence-corrected chi connectivity index (χ1v) is 11.0. The van der Waals surface area contributed by atoms with E-state index in [0.717, 1.165) is 34.3 Å². The Morgan fingerprint density at radius 3 is 2.34 bits per heavy atom. The highest BCUT2D eigenvalue weighted by Crippen LogP contribution is 2.22. The normalized spacial score (nSPS) is 11.0. The second-order valence-electron chi connectivity index (χ2n) is 8.07. The van der Waals surface area contributed by atoms with E-state index in [9.17, 15) is 4.79 Å². The number of carbonyl (C=O) groups excluding carboxylic acids is 1. The van der Waals surface area contributed by atoms with Crippen LogP contribution >= 0.6 is 0 Å². The molecule has 0 aliphatic heterocycles.